The van der Waals surface area contributed by atoms with E-state index in [1.165, 1.54) is 29.2 Å². The highest BCUT2D eigenvalue weighted by molar-refractivity contribution is 5.63. The topological polar surface area (TPSA) is 95.9 Å². The van der Waals surface area contributed by atoms with Gasteiger partial charge in [-0.25, -0.2) is 14.3 Å². The van der Waals surface area contributed by atoms with E-state index in [0.717, 1.165) is 0 Å². The summed E-state index contributed by atoms with van der Waals surface area (Å²) in [5.74, 6) is -2.12. The average Bonchev–Trinajstić information content (AvgIpc) is 3.17. The Hall–Kier alpha value is -2.91. The molecule has 0 saturated heterocycles. The van der Waals surface area contributed by atoms with Gasteiger partial charge in [-0.2, -0.15) is 18.3 Å². The van der Waals surface area contributed by atoms with Crippen LogP contribution in [0.5, 0.6) is 0 Å². The van der Waals surface area contributed by atoms with Gasteiger partial charge in [0.05, 0.1) is 17.2 Å². The van der Waals surface area contributed by atoms with Crippen LogP contribution >= 0.6 is 0 Å². The van der Waals surface area contributed by atoms with Gasteiger partial charge in [0.1, 0.15) is 0 Å². The van der Waals surface area contributed by atoms with Crippen LogP contribution in [0.1, 0.15) is 17.9 Å². The number of halogens is 3. The Morgan fingerprint density at radius 1 is 1.29 bits per heavy atom. The van der Waals surface area contributed by atoms with Crippen molar-refractivity contribution in [2.75, 3.05) is 0 Å². The van der Waals surface area contributed by atoms with Crippen LogP contribution in [0.25, 0.3) is 16.9 Å². The summed E-state index contributed by atoms with van der Waals surface area (Å²) in [5, 5.41) is 4.18. The second kappa shape index (κ2) is 4.79. The molecule has 124 valence electrons. The Morgan fingerprint density at radius 2 is 2.08 bits per heavy atom. The highest BCUT2D eigenvalue weighted by atomic mass is 19.4. The van der Waals surface area contributed by atoms with Crippen molar-refractivity contribution in [2.24, 2.45) is 5.92 Å². The first-order valence-electron chi connectivity index (χ1n) is 7.08. The second-order valence-corrected chi connectivity index (χ2v) is 5.66. The third-order valence-corrected chi connectivity index (χ3v) is 4.09. The number of nitrogens with zero attached hydrogens (tertiary/aromatic N) is 3. The lowest BCUT2D eigenvalue weighted by Crippen LogP contribution is -2.23. The van der Waals surface area contributed by atoms with Gasteiger partial charge in [0.2, 0.25) is 0 Å². The van der Waals surface area contributed by atoms with Gasteiger partial charge in [0.15, 0.2) is 5.65 Å². The minimum Gasteiger partial charge on any atom is -0.313 e. The first kappa shape index (κ1) is 14.7. The van der Waals surface area contributed by atoms with Gasteiger partial charge in [-0.3, -0.25) is 9.78 Å². The third kappa shape index (κ3) is 2.30. The monoisotopic (exact) mass is 337 g/mol. The van der Waals surface area contributed by atoms with E-state index in [-0.39, 0.29) is 17.7 Å². The Kier molecular flexibility index (Phi) is 2.93. The molecule has 7 nitrogen and oxygen atoms in total. The van der Waals surface area contributed by atoms with Crippen molar-refractivity contribution in [1.82, 2.24) is 24.6 Å². The van der Waals surface area contributed by atoms with Gasteiger partial charge in [-0.1, -0.05) is 0 Å². The van der Waals surface area contributed by atoms with Crippen molar-refractivity contribution in [2.45, 2.75) is 18.5 Å². The first-order chi connectivity index (χ1) is 11.3. The summed E-state index contributed by atoms with van der Waals surface area (Å²) in [4.78, 5) is 31.5. The van der Waals surface area contributed by atoms with Crippen LogP contribution in [0.15, 0.2) is 34.2 Å². The maximum atomic E-state index is 12.9. The van der Waals surface area contributed by atoms with E-state index < -0.39 is 29.3 Å². The van der Waals surface area contributed by atoms with Crippen LogP contribution in [0.3, 0.4) is 0 Å². The molecule has 3 aromatic heterocycles. The molecule has 0 amide bonds. The van der Waals surface area contributed by atoms with Crippen LogP contribution in [0.4, 0.5) is 13.2 Å². The Morgan fingerprint density at radius 3 is 2.75 bits per heavy atom. The van der Waals surface area contributed by atoms with Crippen LogP contribution in [0, 0.1) is 5.92 Å². The number of aromatic amines is 2. The summed E-state index contributed by atoms with van der Waals surface area (Å²) < 4.78 is 40.0. The van der Waals surface area contributed by atoms with E-state index in [0.29, 0.717) is 11.2 Å². The molecular formula is C14H10F3N5O2. The fourth-order valence-corrected chi connectivity index (χ4v) is 2.85. The summed E-state index contributed by atoms with van der Waals surface area (Å²) in [6.07, 6.45) is -0.181. The molecule has 0 bridgehead atoms. The summed E-state index contributed by atoms with van der Waals surface area (Å²) in [5.41, 5.74) is -0.391. The first-order valence-corrected chi connectivity index (χ1v) is 7.08. The lowest BCUT2D eigenvalue weighted by molar-refractivity contribution is -0.148. The molecule has 2 N–H and O–H groups in total. The van der Waals surface area contributed by atoms with Crippen LogP contribution < -0.4 is 11.2 Å². The predicted octanol–water partition coefficient (Wildman–Crippen LogP) is 1.44. The highest BCUT2D eigenvalue weighted by Crippen LogP contribution is 2.56. The maximum absolute atomic E-state index is 12.9. The van der Waals surface area contributed by atoms with Crippen LogP contribution in [-0.4, -0.2) is 30.7 Å². The maximum Gasteiger partial charge on any atom is 0.392 e. The Balaban J connectivity index is 1.87. The van der Waals surface area contributed by atoms with E-state index in [4.69, 9.17) is 0 Å². The van der Waals surface area contributed by atoms with E-state index in [1.54, 1.807) is 0 Å². The summed E-state index contributed by atoms with van der Waals surface area (Å²) in [6, 6.07) is 1.43. The molecule has 0 spiro atoms. The van der Waals surface area contributed by atoms with Gasteiger partial charge in [0, 0.05) is 24.2 Å². The lowest BCUT2D eigenvalue weighted by Gasteiger charge is -2.08. The number of alkyl halides is 3. The summed E-state index contributed by atoms with van der Waals surface area (Å²) in [6.45, 7) is 0. The van der Waals surface area contributed by atoms with Crippen molar-refractivity contribution in [1.29, 1.82) is 0 Å². The van der Waals surface area contributed by atoms with E-state index in [2.05, 4.69) is 20.1 Å². The largest absolute Gasteiger partial charge is 0.392 e. The molecule has 1 fully saturated rings. The number of H-pyrrole nitrogens is 2. The minimum atomic E-state index is -4.27. The van der Waals surface area contributed by atoms with Crippen molar-refractivity contribution in [3.8, 4) is 11.3 Å². The fraction of sp³-hybridized carbons (Fsp3) is 0.286. The molecule has 2 atom stereocenters. The number of hydrogen-bond donors (Lipinski definition) is 2. The molecule has 3 heterocycles. The number of nitrogens with one attached hydrogen (secondary N) is 2. The van der Waals surface area contributed by atoms with Gasteiger partial charge < -0.3 is 4.98 Å². The zero-order valence-corrected chi connectivity index (χ0v) is 12.0. The standard InChI is InChI=1S/C14H10F3N5O2/c15-14(16,17)9-3-6(9)7-4-10(21-22-2-1-18-11(7)22)8-5-19-13(24)20-12(8)23/h1-2,4-6,9H,3H2,(H2,19,20,23,24)/t6-,9+/m1/s1. The third-order valence-electron chi connectivity index (χ3n) is 4.09. The molecule has 1 aliphatic carbocycles. The summed E-state index contributed by atoms with van der Waals surface area (Å²) >= 11 is 0. The summed E-state index contributed by atoms with van der Waals surface area (Å²) in [7, 11) is 0. The van der Waals surface area contributed by atoms with Crippen molar-refractivity contribution < 1.29 is 13.2 Å². The Labute approximate surface area is 131 Å². The van der Waals surface area contributed by atoms with Gasteiger partial charge >= 0.3 is 11.9 Å². The number of aromatic nitrogens is 5. The molecule has 1 saturated carbocycles. The molecule has 24 heavy (non-hydrogen) atoms. The molecule has 10 heteroatoms. The van der Waals surface area contributed by atoms with Crippen LogP contribution in [0.2, 0.25) is 0 Å². The average molecular weight is 337 g/mol. The quantitative estimate of drug-likeness (QED) is 0.739. The van der Waals surface area contributed by atoms with E-state index in [9.17, 15) is 22.8 Å². The molecule has 1 aliphatic rings. The molecule has 0 aromatic carbocycles. The molecule has 3 aromatic rings. The second-order valence-electron chi connectivity index (χ2n) is 5.66. The van der Waals surface area contributed by atoms with Gasteiger partial charge in [-0.15, -0.1) is 0 Å². The van der Waals surface area contributed by atoms with E-state index >= 15 is 0 Å². The normalized spacial score (nSPS) is 20.5. The molecule has 0 unspecified atom stereocenters. The number of imidazole rings is 1. The molecule has 0 aliphatic heterocycles. The van der Waals surface area contributed by atoms with Crippen molar-refractivity contribution in [3.63, 3.8) is 0 Å². The number of hydrogen-bond acceptors (Lipinski definition) is 4. The zero-order chi connectivity index (χ0) is 17.1. The van der Waals surface area contributed by atoms with Gasteiger partial charge in [-0.05, 0) is 18.4 Å². The van der Waals surface area contributed by atoms with Crippen molar-refractivity contribution in [3.05, 3.63) is 51.1 Å². The fourth-order valence-electron chi connectivity index (χ4n) is 2.85. The predicted molar refractivity (Wildman–Crippen MR) is 76.6 cm³/mol. The number of rotatable bonds is 2. The van der Waals surface area contributed by atoms with Crippen LogP contribution in [-0.2, 0) is 0 Å². The minimum absolute atomic E-state index is 0.0164. The van der Waals surface area contributed by atoms with Gasteiger partial charge in [0.25, 0.3) is 5.56 Å². The van der Waals surface area contributed by atoms with E-state index in [1.807, 2.05) is 0 Å². The Bertz CT molecular complexity index is 1050. The molecule has 0 radical (unpaired) electrons. The smallest absolute Gasteiger partial charge is 0.313 e. The highest BCUT2D eigenvalue weighted by Gasteiger charge is 2.56. The number of fused-ring (bicyclic) bond motifs is 1. The molecular weight excluding hydrogens is 327 g/mol. The molecule has 4 rings (SSSR count). The van der Waals surface area contributed by atoms with Crippen molar-refractivity contribution >= 4 is 5.65 Å². The zero-order valence-electron chi connectivity index (χ0n) is 12.0. The lowest BCUT2D eigenvalue weighted by atomic mass is 10.1. The SMILES string of the molecule is O=c1[nH]cc(-c2cc([C@H]3C[C@@H]3C(F)(F)F)c3nccn3n2)c(=O)[nH]1.